The molecule has 1 aliphatic heterocycles. The minimum absolute atomic E-state index is 0.0892. The number of unbranched alkanes of at least 4 members (excludes halogenated alkanes) is 1. The number of piperazine rings is 1. The van der Waals surface area contributed by atoms with Crippen molar-refractivity contribution in [2.45, 2.75) is 26.2 Å². The molecule has 6 heteroatoms. The van der Waals surface area contributed by atoms with Crippen LogP contribution in [0.2, 0.25) is 0 Å². The van der Waals surface area contributed by atoms with E-state index in [1.54, 1.807) is 4.90 Å². The predicted octanol–water partition coefficient (Wildman–Crippen LogP) is 0.931. The normalized spacial score (nSPS) is 16.4. The van der Waals surface area contributed by atoms with E-state index in [0.29, 0.717) is 19.6 Å². The molecule has 0 unspecified atom stereocenters. The largest absolute Gasteiger partial charge is 0.481 e. The molecule has 0 aliphatic carbocycles. The lowest BCUT2D eigenvalue weighted by Crippen LogP contribution is -2.52. The second kappa shape index (κ2) is 7.99. The lowest BCUT2D eigenvalue weighted by molar-refractivity contribution is -0.137. The van der Waals surface area contributed by atoms with Gasteiger partial charge < -0.3 is 14.9 Å². The van der Waals surface area contributed by atoms with Gasteiger partial charge in [0.2, 0.25) is 0 Å². The molecule has 1 heterocycles. The summed E-state index contributed by atoms with van der Waals surface area (Å²) in [6.45, 7) is 6.39. The summed E-state index contributed by atoms with van der Waals surface area (Å²) in [5, 5.41) is 8.64. The van der Waals surface area contributed by atoms with Gasteiger partial charge in [-0.15, -0.1) is 0 Å². The van der Waals surface area contributed by atoms with E-state index in [4.69, 9.17) is 5.11 Å². The highest BCUT2D eigenvalue weighted by molar-refractivity contribution is 5.74. The summed E-state index contributed by atoms with van der Waals surface area (Å²) < 4.78 is 0. The third-order valence-electron chi connectivity index (χ3n) is 3.46. The summed E-state index contributed by atoms with van der Waals surface area (Å²) in [5.41, 5.74) is 0. The molecule has 1 N–H and O–H groups in total. The summed E-state index contributed by atoms with van der Waals surface area (Å²) in [5.74, 6) is -0.766. The van der Waals surface area contributed by atoms with Crippen LogP contribution < -0.4 is 0 Å². The van der Waals surface area contributed by atoms with E-state index in [-0.39, 0.29) is 12.5 Å². The van der Waals surface area contributed by atoms with E-state index in [9.17, 15) is 9.59 Å². The Labute approximate surface area is 115 Å². The number of urea groups is 1. The number of carboxylic acid groups (broad SMARTS) is 1. The second-order valence-corrected chi connectivity index (χ2v) is 5.03. The van der Waals surface area contributed by atoms with Crippen molar-refractivity contribution < 1.29 is 14.7 Å². The van der Waals surface area contributed by atoms with Crippen molar-refractivity contribution in [1.29, 1.82) is 0 Å². The molecule has 6 nitrogen and oxygen atoms in total. The molecule has 2 amide bonds. The molecule has 0 spiro atoms. The van der Waals surface area contributed by atoms with Crippen LogP contribution in [0.15, 0.2) is 0 Å². The minimum atomic E-state index is -0.766. The zero-order chi connectivity index (χ0) is 14.3. The molecule has 0 aromatic heterocycles. The van der Waals surface area contributed by atoms with Crippen LogP contribution in [0.1, 0.15) is 26.2 Å². The topological polar surface area (TPSA) is 64.1 Å². The first-order valence-corrected chi connectivity index (χ1v) is 6.98. The molecule has 110 valence electrons. The van der Waals surface area contributed by atoms with Gasteiger partial charge in [0.05, 0.1) is 6.42 Å². The van der Waals surface area contributed by atoms with Crippen LogP contribution in [-0.2, 0) is 4.79 Å². The van der Waals surface area contributed by atoms with E-state index in [1.807, 2.05) is 11.9 Å². The van der Waals surface area contributed by atoms with Gasteiger partial charge in [-0.2, -0.15) is 0 Å². The Morgan fingerprint density at radius 2 is 1.84 bits per heavy atom. The van der Waals surface area contributed by atoms with Gasteiger partial charge in [-0.1, -0.05) is 13.3 Å². The molecule has 0 bridgehead atoms. The van der Waals surface area contributed by atoms with Crippen LogP contribution in [0.4, 0.5) is 4.79 Å². The highest BCUT2D eigenvalue weighted by Gasteiger charge is 2.23. The van der Waals surface area contributed by atoms with Gasteiger partial charge in [-0.3, -0.25) is 9.69 Å². The van der Waals surface area contributed by atoms with Crippen molar-refractivity contribution in [2.75, 3.05) is 46.3 Å². The standard InChI is InChI=1S/C13H25N3O3/c1-3-4-6-14(2)13(19)16-10-8-15(9-11-16)7-5-12(17)18/h3-11H2,1-2H3,(H,17,18). The predicted molar refractivity (Wildman–Crippen MR) is 73.2 cm³/mol. The Kier molecular flexibility index (Phi) is 6.62. The van der Waals surface area contributed by atoms with Crippen molar-refractivity contribution in [1.82, 2.24) is 14.7 Å². The Morgan fingerprint density at radius 1 is 1.21 bits per heavy atom. The number of carbonyl (C=O) groups excluding carboxylic acids is 1. The molecule has 1 fully saturated rings. The zero-order valence-corrected chi connectivity index (χ0v) is 12.0. The number of rotatable bonds is 6. The molecule has 0 aromatic carbocycles. The number of nitrogens with zero attached hydrogens (tertiary/aromatic N) is 3. The number of carbonyl (C=O) groups is 2. The molecule has 1 saturated heterocycles. The Hall–Kier alpha value is -1.30. The maximum absolute atomic E-state index is 12.1. The maximum Gasteiger partial charge on any atom is 0.319 e. The molecule has 1 rings (SSSR count). The number of hydrogen-bond donors (Lipinski definition) is 1. The molecular formula is C13H25N3O3. The lowest BCUT2D eigenvalue weighted by Gasteiger charge is -2.36. The van der Waals surface area contributed by atoms with Crippen molar-refractivity contribution in [3.8, 4) is 0 Å². The van der Waals surface area contributed by atoms with Gasteiger partial charge in [0, 0.05) is 46.3 Å². The van der Waals surface area contributed by atoms with Crippen molar-refractivity contribution >= 4 is 12.0 Å². The molecule has 0 atom stereocenters. The summed E-state index contributed by atoms with van der Waals surface area (Å²) in [4.78, 5) is 28.4. The van der Waals surface area contributed by atoms with Crippen LogP contribution in [0.5, 0.6) is 0 Å². The smallest absolute Gasteiger partial charge is 0.319 e. The first-order valence-electron chi connectivity index (χ1n) is 6.98. The molecule has 0 radical (unpaired) electrons. The molecule has 0 aromatic rings. The summed E-state index contributed by atoms with van der Waals surface area (Å²) >= 11 is 0. The molecule has 19 heavy (non-hydrogen) atoms. The lowest BCUT2D eigenvalue weighted by atomic mass is 10.3. The maximum atomic E-state index is 12.1. The summed E-state index contributed by atoms with van der Waals surface area (Å²) in [6, 6.07) is 0.0892. The zero-order valence-electron chi connectivity index (χ0n) is 12.0. The second-order valence-electron chi connectivity index (χ2n) is 5.03. The summed E-state index contributed by atoms with van der Waals surface area (Å²) in [7, 11) is 1.84. The third-order valence-corrected chi connectivity index (χ3v) is 3.46. The van der Waals surface area contributed by atoms with E-state index in [0.717, 1.165) is 32.5 Å². The first kappa shape index (κ1) is 15.8. The highest BCUT2D eigenvalue weighted by atomic mass is 16.4. The van der Waals surface area contributed by atoms with Crippen LogP contribution in [0.3, 0.4) is 0 Å². The summed E-state index contributed by atoms with van der Waals surface area (Å²) in [6.07, 6.45) is 2.28. The van der Waals surface area contributed by atoms with E-state index >= 15 is 0 Å². The molecular weight excluding hydrogens is 246 g/mol. The van der Waals surface area contributed by atoms with Gasteiger partial charge in [-0.25, -0.2) is 4.79 Å². The Bertz CT molecular complexity index is 302. The third kappa shape index (κ3) is 5.46. The van der Waals surface area contributed by atoms with Gasteiger partial charge in [0.15, 0.2) is 0 Å². The average molecular weight is 271 g/mol. The highest BCUT2D eigenvalue weighted by Crippen LogP contribution is 2.06. The monoisotopic (exact) mass is 271 g/mol. The quantitative estimate of drug-likeness (QED) is 0.780. The van der Waals surface area contributed by atoms with E-state index < -0.39 is 5.97 Å². The Balaban J connectivity index is 2.28. The van der Waals surface area contributed by atoms with Gasteiger partial charge >= 0.3 is 12.0 Å². The van der Waals surface area contributed by atoms with Crippen molar-refractivity contribution in [2.24, 2.45) is 0 Å². The van der Waals surface area contributed by atoms with Crippen LogP contribution >= 0.6 is 0 Å². The van der Waals surface area contributed by atoms with Crippen molar-refractivity contribution in [3.05, 3.63) is 0 Å². The van der Waals surface area contributed by atoms with Crippen LogP contribution in [0.25, 0.3) is 0 Å². The molecule has 0 saturated carbocycles. The van der Waals surface area contributed by atoms with E-state index in [2.05, 4.69) is 11.8 Å². The number of aliphatic carboxylic acids is 1. The van der Waals surface area contributed by atoms with Gasteiger partial charge in [0.1, 0.15) is 0 Å². The minimum Gasteiger partial charge on any atom is -0.481 e. The fourth-order valence-corrected chi connectivity index (χ4v) is 2.15. The van der Waals surface area contributed by atoms with Crippen LogP contribution in [0, 0.1) is 0 Å². The van der Waals surface area contributed by atoms with Crippen LogP contribution in [-0.4, -0.2) is 78.1 Å². The number of carboxylic acids is 1. The first-order chi connectivity index (χ1) is 9.04. The van der Waals surface area contributed by atoms with Gasteiger partial charge in [-0.05, 0) is 6.42 Å². The fraction of sp³-hybridized carbons (Fsp3) is 0.846. The van der Waals surface area contributed by atoms with Gasteiger partial charge in [0.25, 0.3) is 0 Å². The molecule has 1 aliphatic rings. The number of amides is 2. The Morgan fingerprint density at radius 3 is 2.37 bits per heavy atom. The van der Waals surface area contributed by atoms with Crippen molar-refractivity contribution in [3.63, 3.8) is 0 Å². The average Bonchev–Trinajstić information content (AvgIpc) is 2.42. The fourth-order valence-electron chi connectivity index (χ4n) is 2.15. The SMILES string of the molecule is CCCCN(C)C(=O)N1CCN(CCC(=O)O)CC1. The number of hydrogen-bond acceptors (Lipinski definition) is 3. The van der Waals surface area contributed by atoms with E-state index in [1.165, 1.54) is 0 Å².